The van der Waals surface area contributed by atoms with Crippen molar-refractivity contribution in [2.24, 2.45) is 0 Å². The third-order valence-corrected chi connectivity index (χ3v) is 2.80. The SMILES string of the molecule is CC(c1ccccc1)n1cc(CCl)cn1. The Morgan fingerprint density at radius 3 is 2.67 bits per heavy atom. The summed E-state index contributed by atoms with van der Waals surface area (Å²) in [5.74, 6) is 0.515. The molecule has 1 aromatic heterocycles. The van der Waals surface area contributed by atoms with E-state index < -0.39 is 0 Å². The normalized spacial score (nSPS) is 12.7. The Morgan fingerprint density at radius 1 is 1.33 bits per heavy atom. The maximum absolute atomic E-state index is 5.74. The van der Waals surface area contributed by atoms with Crippen molar-refractivity contribution >= 4 is 11.6 Å². The summed E-state index contributed by atoms with van der Waals surface area (Å²) in [6.45, 7) is 2.13. The quantitative estimate of drug-likeness (QED) is 0.727. The maximum Gasteiger partial charge on any atom is 0.0740 e. The third-order valence-electron chi connectivity index (χ3n) is 2.49. The van der Waals surface area contributed by atoms with Crippen LogP contribution in [0.5, 0.6) is 0 Å². The number of benzene rings is 1. The van der Waals surface area contributed by atoms with Crippen LogP contribution in [0.1, 0.15) is 24.1 Å². The Hall–Kier alpha value is -1.28. The lowest BCUT2D eigenvalue weighted by Crippen LogP contribution is -2.06. The molecule has 1 aromatic carbocycles. The van der Waals surface area contributed by atoms with Crippen LogP contribution in [0.2, 0.25) is 0 Å². The van der Waals surface area contributed by atoms with Crippen LogP contribution in [0.15, 0.2) is 42.7 Å². The minimum Gasteiger partial charge on any atom is -0.265 e. The van der Waals surface area contributed by atoms with Crippen LogP contribution in [-0.2, 0) is 5.88 Å². The molecular formula is C12H13ClN2. The third kappa shape index (κ3) is 2.21. The number of alkyl halides is 1. The predicted molar refractivity (Wildman–Crippen MR) is 62.0 cm³/mol. The monoisotopic (exact) mass is 220 g/mol. The summed E-state index contributed by atoms with van der Waals surface area (Å²) in [6.07, 6.45) is 3.80. The van der Waals surface area contributed by atoms with Crippen molar-refractivity contribution in [1.82, 2.24) is 9.78 Å². The number of halogens is 1. The highest BCUT2D eigenvalue weighted by atomic mass is 35.5. The first-order chi connectivity index (χ1) is 7.31. The van der Waals surface area contributed by atoms with E-state index in [0.29, 0.717) is 5.88 Å². The molecule has 1 heterocycles. The second-order valence-electron chi connectivity index (χ2n) is 3.55. The van der Waals surface area contributed by atoms with Crippen molar-refractivity contribution in [3.8, 4) is 0 Å². The average Bonchev–Trinajstić information content (AvgIpc) is 2.78. The highest BCUT2D eigenvalue weighted by Gasteiger charge is 2.07. The van der Waals surface area contributed by atoms with Gasteiger partial charge in [0.2, 0.25) is 0 Å². The van der Waals surface area contributed by atoms with Gasteiger partial charge in [-0.05, 0) is 12.5 Å². The van der Waals surface area contributed by atoms with E-state index >= 15 is 0 Å². The first-order valence-corrected chi connectivity index (χ1v) is 5.48. The van der Waals surface area contributed by atoms with Gasteiger partial charge in [-0.3, -0.25) is 4.68 Å². The Labute approximate surface area is 94.5 Å². The van der Waals surface area contributed by atoms with Crippen molar-refractivity contribution in [2.45, 2.75) is 18.8 Å². The Balaban J connectivity index is 2.24. The fourth-order valence-corrected chi connectivity index (χ4v) is 1.68. The van der Waals surface area contributed by atoms with Gasteiger partial charge < -0.3 is 0 Å². The molecule has 0 saturated carbocycles. The topological polar surface area (TPSA) is 17.8 Å². The van der Waals surface area contributed by atoms with Gasteiger partial charge in [-0.2, -0.15) is 5.10 Å². The Kier molecular flexibility index (Phi) is 3.07. The van der Waals surface area contributed by atoms with Gasteiger partial charge in [-0.25, -0.2) is 0 Å². The molecule has 0 aliphatic heterocycles. The highest BCUT2D eigenvalue weighted by Crippen LogP contribution is 2.17. The minimum atomic E-state index is 0.253. The summed E-state index contributed by atoms with van der Waals surface area (Å²) in [4.78, 5) is 0. The zero-order chi connectivity index (χ0) is 10.7. The van der Waals surface area contributed by atoms with Crippen molar-refractivity contribution in [3.05, 3.63) is 53.9 Å². The Bertz CT molecular complexity index is 422. The van der Waals surface area contributed by atoms with E-state index in [1.807, 2.05) is 35.3 Å². The van der Waals surface area contributed by atoms with Crippen LogP contribution in [0, 0.1) is 0 Å². The van der Waals surface area contributed by atoms with Crippen LogP contribution in [0.3, 0.4) is 0 Å². The smallest absolute Gasteiger partial charge is 0.0740 e. The molecule has 0 radical (unpaired) electrons. The van der Waals surface area contributed by atoms with Gasteiger partial charge in [0.1, 0.15) is 0 Å². The van der Waals surface area contributed by atoms with Gasteiger partial charge in [0.05, 0.1) is 18.1 Å². The van der Waals surface area contributed by atoms with Gasteiger partial charge in [0, 0.05) is 11.8 Å². The van der Waals surface area contributed by atoms with Gasteiger partial charge >= 0.3 is 0 Å². The first kappa shape index (κ1) is 10.2. The second kappa shape index (κ2) is 4.49. The summed E-state index contributed by atoms with van der Waals surface area (Å²) in [6, 6.07) is 10.6. The van der Waals surface area contributed by atoms with E-state index in [0.717, 1.165) is 5.56 Å². The molecule has 2 aromatic rings. The maximum atomic E-state index is 5.74. The van der Waals surface area contributed by atoms with Gasteiger partial charge in [-0.15, -0.1) is 11.6 Å². The number of rotatable bonds is 3. The zero-order valence-electron chi connectivity index (χ0n) is 8.60. The van der Waals surface area contributed by atoms with E-state index in [-0.39, 0.29) is 6.04 Å². The fraction of sp³-hybridized carbons (Fsp3) is 0.250. The van der Waals surface area contributed by atoms with Crippen LogP contribution in [0.4, 0.5) is 0 Å². The second-order valence-corrected chi connectivity index (χ2v) is 3.82. The summed E-state index contributed by atoms with van der Waals surface area (Å²) >= 11 is 5.74. The lowest BCUT2D eigenvalue weighted by Gasteiger charge is -2.11. The van der Waals surface area contributed by atoms with E-state index in [4.69, 9.17) is 11.6 Å². The predicted octanol–water partition coefficient (Wildman–Crippen LogP) is 3.23. The average molecular weight is 221 g/mol. The Morgan fingerprint density at radius 2 is 2.07 bits per heavy atom. The molecule has 0 bridgehead atoms. The molecule has 0 aliphatic carbocycles. The molecule has 3 heteroatoms. The van der Waals surface area contributed by atoms with Crippen molar-refractivity contribution in [1.29, 1.82) is 0 Å². The highest BCUT2D eigenvalue weighted by molar-refractivity contribution is 6.17. The molecule has 2 rings (SSSR count). The largest absolute Gasteiger partial charge is 0.265 e. The zero-order valence-corrected chi connectivity index (χ0v) is 9.35. The van der Waals surface area contributed by atoms with Crippen molar-refractivity contribution in [2.75, 3.05) is 0 Å². The molecule has 0 N–H and O–H groups in total. The molecule has 0 amide bonds. The van der Waals surface area contributed by atoms with Crippen LogP contribution in [0.25, 0.3) is 0 Å². The van der Waals surface area contributed by atoms with E-state index in [1.165, 1.54) is 5.56 Å². The number of hydrogen-bond donors (Lipinski definition) is 0. The fourth-order valence-electron chi connectivity index (χ4n) is 1.54. The van der Waals surface area contributed by atoms with Gasteiger partial charge in [0.25, 0.3) is 0 Å². The molecule has 1 atom stereocenters. The number of nitrogens with zero attached hydrogens (tertiary/aromatic N) is 2. The van der Waals surface area contributed by atoms with Crippen molar-refractivity contribution in [3.63, 3.8) is 0 Å². The molecule has 78 valence electrons. The van der Waals surface area contributed by atoms with E-state index in [9.17, 15) is 0 Å². The summed E-state index contributed by atoms with van der Waals surface area (Å²) in [5, 5.41) is 4.30. The van der Waals surface area contributed by atoms with Crippen LogP contribution in [-0.4, -0.2) is 9.78 Å². The molecule has 0 aliphatic rings. The van der Waals surface area contributed by atoms with Gasteiger partial charge in [0.15, 0.2) is 0 Å². The first-order valence-electron chi connectivity index (χ1n) is 4.95. The standard InChI is InChI=1S/C12H13ClN2/c1-10(12-5-3-2-4-6-12)15-9-11(7-13)8-14-15/h2-6,8-10H,7H2,1H3. The molecule has 2 nitrogen and oxygen atoms in total. The minimum absolute atomic E-state index is 0.253. The lowest BCUT2D eigenvalue weighted by molar-refractivity contribution is 0.564. The molecular weight excluding hydrogens is 208 g/mol. The number of aromatic nitrogens is 2. The van der Waals surface area contributed by atoms with Crippen molar-refractivity contribution < 1.29 is 0 Å². The van der Waals surface area contributed by atoms with E-state index in [1.54, 1.807) is 0 Å². The molecule has 0 spiro atoms. The van der Waals surface area contributed by atoms with Crippen LogP contribution < -0.4 is 0 Å². The molecule has 1 unspecified atom stereocenters. The summed E-state index contributed by atoms with van der Waals surface area (Å²) < 4.78 is 1.94. The number of hydrogen-bond acceptors (Lipinski definition) is 1. The van der Waals surface area contributed by atoms with E-state index in [2.05, 4.69) is 24.2 Å². The van der Waals surface area contributed by atoms with Crippen LogP contribution >= 0.6 is 11.6 Å². The molecule has 15 heavy (non-hydrogen) atoms. The summed E-state index contributed by atoms with van der Waals surface area (Å²) in [5.41, 5.74) is 2.31. The summed E-state index contributed by atoms with van der Waals surface area (Å²) in [7, 11) is 0. The van der Waals surface area contributed by atoms with Gasteiger partial charge in [-0.1, -0.05) is 30.3 Å². The lowest BCUT2D eigenvalue weighted by atomic mass is 10.1. The molecule has 0 fully saturated rings. The molecule has 0 saturated heterocycles.